The van der Waals surface area contributed by atoms with Crippen LogP contribution in [-0.4, -0.2) is 225 Å². The van der Waals surface area contributed by atoms with Crippen molar-refractivity contribution < 1.29 is 132 Å². The maximum atomic E-state index is 2.29. The first-order valence-corrected chi connectivity index (χ1v) is 65.6. The highest BCUT2D eigenvalue weighted by molar-refractivity contribution is 4.59. The first kappa shape index (κ1) is 179. The molecule has 14 heteroatoms. The third-order valence-corrected chi connectivity index (χ3v) is 29.3. The van der Waals surface area contributed by atoms with Gasteiger partial charge in [-0.25, -0.2) is 0 Å². The average molecular weight is 2370 g/mol. The van der Waals surface area contributed by atoms with Crippen LogP contribution in [0.15, 0.2) is 0 Å². The van der Waals surface area contributed by atoms with Crippen molar-refractivity contribution in [3.05, 3.63) is 0 Å². The Morgan fingerprint density at radius 2 is 0.116 bits per heavy atom. The van der Waals surface area contributed by atoms with Gasteiger partial charge in [-0.3, -0.25) is 0 Å². The van der Waals surface area contributed by atoms with E-state index >= 15 is 0 Å². The minimum atomic E-state index is 0. The van der Waals surface area contributed by atoms with Crippen molar-refractivity contribution in [2.45, 2.75) is 678 Å². The Hall–Kier alpha value is 2.32. The predicted octanol–water partition coefficient (Wildman–Crippen LogP) is 22.2. The summed E-state index contributed by atoms with van der Waals surface area (Å²) in [6.45, 7) is 25.4. The number of halogens is 7. The van der Waals surface area contributed by atoms with Gasteiger partial charge in [0.2, 0.25) is 0 Å². The number of nitrogens with zero attached hydrogens (tertiary/aromatic N) is 7. The maximum Gasteiger partial charge on any atom is 0.0780 e. The van der Waals surface area contributed by atoms with Crippen LogP contribution in [0.25, 0.3) is 0 Å². The fourth-order valence-electron chi connectivity index (χ4n) is 19.5. The molecule has 0 heterocycles. The molecule has 0 aromatic rings. The highest BCUT2D eigenvalue weighted by Crippen LogP contribution is 2.23. The second kappa shape index (κ2) is 144. The van der Waals surface area contributed by atoms with Crippen molar-refractivity contribution in [1.82, 2.24) is 0 Å². The lowest BCUT2D eigenvalue weighted by molar-refractivity contribution is -0.870. The SMILES string of the molecule is CCCCCCCCCCCCCCCC[N+](C)(C)C.CCCCCCCCCCCCCCCC[N+](C)(C)C.CCCCCCCCCCCCCCCC[N+](C)(C)C.CCCCCCCCCCCCCCCC[N+](C)(C)C.CCCCCCCCCCCCCCCC[N+](C)(C)C.CCCCCCCCCCCCCCCC[N+](C)(C)C.CCCCCCCCCCCCCCCC[N+](C)(C)C.[Br-].[Br-].[Br-].[Cl-].[Cl-].[Cl-].[Cl-]. The van der Waals surface area contributed by atoms with Crippen molar-refractivity contribution >= 4 is 0 Å². The highest BCUT2D eigenvalue weighted by Gasteiger charge is 2.13. The number of quaternary nitrogens is 7. The van der Waals surface area contributed by atoms with E-state index < -0.39 is 0 Å². The smallest absolute Gasteiger partial charge is 0.0780 e. The summed E-state index contributed by atoms with van der Waals surface area (Å²) < 4.78 is 7.86. The summed E-state index contributed by atoms with van der Waals surface area (Å²) >= 11 is 0. The molecule has 0 aliphatic carbocycles. The molecule has 0 aromatic heterocycles. The predicted molar refractivity (Wildman–Crippen MR) is 652 cm³/mol. The Kier molecular flexibility index (Phi) is 176. The van der Waals surface area contributed by atoms with Crippen LogP contribution in [0.4, 0.5) is 0 Å². The zero-order valence-electron chi connectivity index (χ0n) is 108. The summed E-state index contributed by atoms with van der Waals surface area (Å²) in [5, 5.41) is 0. The van der Waals surface area contributed by atoms with Crippen LogP contribution in [-0.2, 0) is 0 Å². The molecule has 0 amide bonds. The van der Waals surface area contributed by atoms with E-state index in [-0.39, 0.29) is 101 Å². The molecule has 0 radical (unpaired) electrons. The second-order valence-electron chi connectivity index (χ2n) is 53.3. The van der Waals surface area contributed by atoms with Crippen LogP contribution in [0.5, 0.6) is 0 Å². The van der Waals surface area contributed by atoms with Crippen LogP contribution in [0.3, 0.4) is 0 Å². The molecule has 0 saturated heterocycles. The van der Waals surface area contributed by atoms with Gasteiger partial charge in [0.1, 0.15) is 0 Å². The molecular formula is C133H294Br3Cl4N7. The molecule has 0 atom stereocenters. The Morgan fingerprint density at radius 1 is 0.0748 bits per heavy atom. The van der Waals surface area contributed by atoms with E-state index in [2.05, 4.69) is 196 Å². The molecule has 0 fully saturated rings. The standard InChI is InChI=1S/7C19H42N.3BrH.4ClH/c7*1-5-6-7-8-9-10-11-12-13-14-15-16-17-18-19-20(2,3)4;;;;;;;/h7*5-19H2,1-4H3;7*1H/q7*+1;;;;;;;/p-7. The summed E-state index contributed by atoms with van der Waals surface area (Å²) in [4.78, 5) is 0. The van der Waals surface area contributed by atoms with Gasteiger partial charge in [-0.15, -0.1) is 0 Å². The Bertz CT molecular complexity index is 1730. The molecule has 0 bridgehead atoms. The molecule has 0 saturated carbocycles. The Morgan fingerprint density at radius 3 is 0.156 bits per heavy atom. The van der Waals surface area contributed by atoms with Crippen LogP contribution >= 0.6 is 0 Å². The Labute approximate surface area is 995 Å². The molecule has 0 spiro atoms. The van der Waals surface area contributed by atoms with Gasteiger partial charge in [-0.1, -0.05) is 588 Å². The number of hydrogen-bond donors (Lipinski definition) is 0. The second-order valence-corrected chi connectivity index (χ2v) is 53.3. The fraction of sp³-hybridized carbons (Fsp3) is 1.00. The third-order valence-electron chi connectivity index (χ3n) is 29.3. The molecule has 0 N–H and O–H groups in total. The third kappa shape index (κ3) is 216. The maximum absolute atomic E-state index is 2.29. The fourth-order valence-corrected chi connectivity index (χ4v) is 19.5. The summed E-state index contributed by atoms with van der Waals surface area (Å²) in [6, 6.07) is 0. The lowest BCUT2D eigenvalue weighted by Gasteiger charge is -2.23. The molecule has 147 heavy (non-hydrogen) atoms. The van der Waals surface area contributed by atoms with Gasteiger partial charge in [-0.2, -0.15) is 0 Å². The first-order chi connectivity index (χ1) is 66.9. The van der Waals surface area contributed by atoms with Crippen LogP contribution < -0.4 is 101 Å². The van der Waals surface area contributed by atoms with E-state index in [4.69, 9.17) is 0 Å². The normalized spacial score (nSPS) is 11.4. The monoisotopic (exact) mass is 2370 g/mol. The minimum Gasteiger partial charge on any atom is -1.00 e. The lowest BCUT2D eigenvalue weighted by atomic mass is 10.0. The van der Waals surface area contributed by atoms with E-state index in [0.717, 1.165) is 31.4 Å². The van der Waals surface area contributed by atoms with Crippen molar-refractivity contribution in [2.75, 3.05) is 194 Å². The highest BCUT2D eigenvalue weighted by atomic mass is 79.9. The molecule has 0 unspecified atom stereocenters. The summed E-state index contributed by atoms with van der Waals surface area (Å²) in [5.41, 5.74) is 0. The number of hydrogen-bond acceptors (Lipinski definition) is 0. The molecular weight excluding hydrogens is 2080 g/mol. The lowest BCUT2D eigenvalue weighted by Crippen LogP contribution is -3.00. The van der Waals surface area contributed by atoms with Gasteiger partial charge >= 0.3 is 0 Å². The molecule has 0 aliphatic heterocycles. The van der Waals surface area contributed by atoms with Gasteiger partial charge < -0.3 is 132 Å². The van der Waals surface area contributed by atoms with Crippen LogP contribution in [0, 0.1) is 0 Å². The van der Waals surface area contributed by atoms with Crippen LogP contribution in [0.1, 0.15) is 678 Å². The Balaban J connectivity index is -0.000000116. The largest absolute Gasteiger partial charge is 1.00 e. The topological polar surface area (TPSA) is 0 Å². The molecule has 0 aliphatic rings. The first-order valence-electron chi connectivity index (χ1n) is 65.6. The van der Waals surface area contributed by atoms with E-state index in [1.54, 1.807) is 0 Å². The molecule has 0 rings (SSSR count). The zero-order valence-corrected chi connectivity index (χ0v) is 116. The molecule has 7 nitrogen and oxygen atoms in total. The zero-order chi connectivity index (χ0) is 106. The average Bonchev–Trinajstić information content (AvgIpc) is 1.02. The van der Waals surface area contributed by atoms with Crippen molar-refractivity contribution in [1.29, 1.82) is 0 Å². The quantitative estimate of drug-likeness (QED) is 0.0421. The van der Waals surface area contributed by atoms with Crippen molar-refractivity contribution in [2.24, 2.45) is 0 Å². The van der Waals surface area contributed by atoms with E-state index in [1.165, 1.54) is 675 Å². The van der Waals surface area contributed by atoms with Crippen molar-refractivity contribution in [3.8, 4) is 0 Å². The summed E-state index contributed by atoms with van der Waals surface area (Å²) in [5.74, 6) is 0. The minimum absolute atomic E-state index is 0. The van der Waals surface area contributed by atoms with E-state index in [1.807, 2.05) is 0 Å². The summed E-state index contributed by atoms with van der Waals surface area (Å²) in [7, 11) is 48.2. The number of unbranched alkanes of at least 4 members (excludes halogenated alkanes) is 91. The van der Waals surface area contributed by atoms with Crippen LogP contribution in [0.2, 0.25) is 0 Å². The van der Waals surface area contributed by atoms with E-state index in [9.17, 15) is 0 Å². The van der Waals surface area contributed by atoms with Gasteiger partial charge in [0.25, 0.3) is 0 Å². The van der Waals surface area contributed by atoms with E-state index in [0.29, 0.717) is 0 Å². The van der Waals surface area contributed by atoms with Gasteiger partial charge in [-0.05, 0) is 89.9 Å². The van der Waals surface area contributed by atoms with Gasteiger partial charge in [0.15, 0.2) is 0 Å². The van der Waals surface area contributed by atoms with Gasteiger partial charge in [0.05, 0.1) is 194 Å². The molecule has 0 aromatic carbocycles. The number of rotatable bonds is 105. The van der Waals surface area contributed by atoms with Crippen molar-refractivity contribution in [3.63, 3.8) is 0 Å². The summed E-state index contributed by atoms with van der Waals surface area (Å²) in [6.07, 6.45) is 143. The van der Waals surface area contributed by atoms with Gasteiger partial charge in [0, 0.05) is 0 Å². The molecule has 910 valence electrons.